The van der Waals surface area contributed by atoms with Crippen molar-refractivity contribution in [2.45, 2.75) is 109 Å². The molecule has 2 aromatic carbocycles. The molecule has 0 heterocycles. The molecule has 1 saturated carbocycles. The molecule has 164 valence electrons. The van der Waals surface area contributed by atoms with E-state index in [-0.39, 0.29) is 0 Å². The normalized spacial score (nSPS) is 15.9. The van der Waals surface area contributed by atoms with E-state index in [4.69, 9.17) is 5.73 Å². The highest BCUT2D eigenvalue weighted by molar-refractivity contribution is 5.43. The fourth-order valence-electron chi connectivity index (χ4n) is 5.17. The van der Waals surface area contributed by atoms with Crippen LogP contribution in [0, 0.1) is 0 Å². The van der Waals surface area contributed by atoms with E-state index in [9.17, 15) is 0 Å². The van der Waals surface area contributed by atoms with Crippen molar-refractivity contribution in [3.8, 4) is 0 Å². The van der Waals surface area contributed by atoms with E-state index in [0.29, 0.717) is 5.92 Å². The van der Waals surface area contributed by atoms with Crippen molar-refractivity contribution in [3.05, 3.63) is 65.2 Å². The first-order valence-electron chi connectivity index (χ1n) is 12.7. The van der Waals surface area contributed by atoms with E-state index in [1.807, 2.05) is 0 Å². The largest absolute Gasteiger partial charge is 0.399 e. The lowest BCUT2D eigenvalue weighted by Gasteiger charge is -2.23. The molecular formula is C29H43N. The van der Waals surface area contributed by atoms with E-state index < -0.39 is 0 Å². The Hall–Kier alpha value is -1.76. The zero-order chi connectivity index (χ0) is 21.0. The molecule has 0 amide bonds. The molecular weight excluding hydrogens is 362 g/mol. The predicted molar refractivity (Wildman–Crippen MR) is 132 cm³/mol. The second-order valence-corrected chi connectivity index (χ2v) is 9.48. The second-order valence-electron chi connectivity index (χ2n) is 9.48. The van der Waals surface area contributed by atoms with Crippen LogP contribution in [0.5, 0.6) is 0 Å². The van der Waals surface area contributed by atoms with Crippen LogP contribution in [-0.2, 0) is 0 Å². The number of benzene rings is 2. The van der Waals surface area contributed by atoms with Gasteiger partial charge in [-0.15, -0.1) is 0 Å². The maximum Gasteiger partial charge on any atom is 0.0314 e. The maximum absolute atomic E-state index is 5.96. The highest BCUT2D eigenvalue weighted by atomic mass is 14.5. The molecule has 0 radical (unpaired) electrons. The summed E-state index contributed by atoms with van der Waals surface area (Å²) in [5.41, 5.74) is 11.3. The number of anilines is 1. The van der Waals surface area contributed by atoms with E-state index in [2.05, 4.69) is 55.5 Å². The number of hydrogen-bond acceptors (Lipinski definition) is 1. The Bertz CT molecular complexity index is 694. The van der Waals surface area contributed by atoms with Gasteiger partial charge < -0.3 is 5.73 Å². The summed E-state index contributed by atoms with van der Waals surface area (Å²) in [6.45, 7) is 2.29. The van der Waals surface area contributed by atoms with Gasteiger partial charge in [0.2, 0.25) is 0 Å². The Labute approximate surface area is 185 Å². The van der Waals surface area contributed by atoms with Gasteiger partial charge >= 0.3 is 0 Å². The van der Waals surface area contributed by atoms with Gasteiger partial charge in [-0.3, -0.25) is 0 Å². The van der Waals surface area contributed by atoms with Crippen LogP contribution in [0.4, 0.5) is 5.69 Å². The first-order valence-corrected chi connectivity index (χ1v) is 12.7. The summed E-state index contributed by atoms with van der Waals surface area (Å²) >= 11 is 0. The Kier molecular flexibility index (Phi) is 9.80. The molecule has 1 fully saturated rings. The average Bonchev–Trinajstić information content (AvgIpc) is 2.80. The molecule has 2 aromatic rings. The van der Waals surface area contributed by atoms with Crippen molar-refractivity contribution < 1.29 is 0 Å². The molecule has 1 heteroatoms. The van der Waals surface area contributed by atoms with Crippen LogP contribution in [0.2, 0.25) is 0 Å². The van der Waals surface area contributed by atoms with Crippen molar-refractivity contribution in [2.24, 2.45) is 0 Å². The van der Waals surface area contributed by atoms with Gasteiger partial charge in [0.25, 0.3) is 0 Å². The monoisotopic (exact) mass is 405 g/mol. The smallest absolute Gasteiger partial charge is 0.0314 e. The third kappa shape index (κ3) is 7.18. The molecule has 1 atom stereocenters. The van der Waals surface area contributed by atoms with Crippen molar-refractivity contribution in [2.75, 3.05) is 5.73 Å². The third-order valence-electron chi connectivity index (χ3n) is 7.10. The van der Waals surface area contributed by atoms with Gasteiger partial charge in [0.15, 0.2) is 0 Å². The van der Waals surface area contributed by atoms with Crippen molar-refractivity contribution in [1.29, 1.82) is 0 Å². The van der Waals surface area contributed by atoms with Crippen molar-refractivity contribution >= 4 is 5.69 Å². The van der Waals surface area contributed by atoms with Gasteiger partial charge in [-0.25, -0.2) is 0 Å². The summed E-state index contributed by atoms with van der Waals surface area (Å²) in [5, 5.41) is 0. The lowest BCUT2D eigenvalue weighted by Crippen LogP contribution is -2.06. The first-order chi connectivity index (χ1) is 14.8. The molecule has 0 spiro atoms. The summed E-state index contributed by atoms with van der Waals surface area (Å²) in [7, 11) is 0. The van der Waals surface area contributed by atoms with Crippen LogP contribution >= 0.6 is 0 Å². The molecule has 1 nitrogen and oxygen atoms in total. The topological polar surface area (TPSA) is 26.0 Å². The van der Waals surface area contributed by atoms with Gasteiger partial charge in [-0.1, -0.05) is 114 Å². The molecule has 0 saturated heterocycles. The molecule has 30 heavy (non-hydrogen) atoms. The molecule has 0 bridgehead atoms. The summed E-state index contributed by atoms with van der Waals surface area (Å²) in [4.78, 5) is 0. The Balaban J connectivity index is 1.59. The standard InChI is InChI=1S/C29H43N/c1-2-3-4-5-6-7-8-12-15-29(27-20-22-28(30)23-21-27)26-18-16-25(17-19-26)24-13-10-9-11-14-24/h16-24,29H,2-15,30H2,1H3. The third-order valence-corrected chi connectivity index (χ3v) is 7.10. The van der Waals surface area contributed by atoms with Gasteiger partial charge in [0.05, 0.1) is 0 Å². The molecule has 3 rings (SSSR count). The van der Waals surface area contributed by atoms with Crippen LogP contribution in [0.15, 0.2) is 48.5 Å². The molecule has 2 N–H and O–H groups in total. The number of unbranched alkanes of at least 4 members (excludes halogenated alkanes) is 7. The lowest BCUT2D eigenvalue weighted by atomic mass is 9.82. The Morgan fingerprint density at radius 3 is 1.83 bits per heavy atom. The Morgan fingerprint density at radius 1 is 0.700 bits per heavy atom. The average molecular weight is 406 g/mol. The van der Waals surface area contributed by atoms with Crippen molar-refractivity contribution in [1.82, 2.24) is 0 Å². The SMILES string of the molecule is CCCCCCCCCCC(c1ccc(N)cc1)c1ccc(C2CCCCC2)cc1. The Morgan fingerprint density at radius 2 is 1.23 bits per heavy atom. The van der Waals surface area contributed by atoms with Crippen LogP contribution in [0.1, 0.15) is 125 Å². The lowest BCUT2D eigenvalue weighted by molar-refractivity contribution is 0.443. The fraction of sp³-hybridized carbons (Fsp3) is 0.586. The van der Waals surface area contributed by atoms with Crippen LogP contribution in [0.25, 0.3) is 0 Å². The van der Waals surface area contributed by atoms with Crippen LogP contribution in [-0.4, -0.2) is 0 Å². The summed E-state index contributed by atoms with van der Waals surface area (Å²) in [5.74, 6) is 1.28. The predicted octanol–water partition coefficient (Wildman–Crippen LogP) is 8.98. The fourth-order valence-corrected chi connectivity index (χ4v) is 5.17. The van der Waals surface area contributed by atoms with Gasteiger partial charge in [0, 0.05) is 11.6 Å². The minimum absolute atomic E-state index is 0.492. The molecule has 0 aromatic heterocycles. The summed E-state index contributed by atoms with van der Waals surface area (Å²) in [6.07, 6.45) is 19.2. The number of hydrogen-bond donors (Lipinski definition) is 1. The summed E-state index contributed by atoms with van der Waals surface area (Å²) < 4.78 is 0. The van der Waals surface area contributed by atoms with E-state index in [0.717, 1.165) is 11.6 Å². The molecule has 1 aliphatic carbocycles. The van der Waals surface area contributed by atoms with Crippen LogP contribution in [0.3, 0.4) is 0 Å². The van der Waals surface area contributed by atoms with Gasteiger partial charge in [-0.2, -0.15) is 0 Å². The first kappa shape index (κ1) is 22.9. The molecule has 1 aliphatic rings. The highest BCUT2D eigenvalue weighted by Crippen LogP contribution is 2.35. The second kappa shape index (κ2) is 12.8. The van der Waals surface area contributed by atoms with Gasteiger partial charge in [0.1, 0.15) is 0 Å². The highest BCUT2D eigenvalue weighted by Gasteiger charge is 2.18. The minimum atomic E-state index is 0.492. The van der Waals surface area contributed by atoms with E-state index in [1.165, 1.54) is 101 Å². The van der Waals surface area contributed by atoms with Crippen LogP contribution < -0.4 is 5.73 Å². The summed E-state index contributed by atoms with van der Waals surface area (Å²) in [6, 6.07) is 18.3. The van der Waals surface area contributed by atoms with Crippen molar-refractivity contribution in [3.63, 3.8) is 0 Å². The molecule has 0 aliphatic heterocycles. The van der Waals surface area contributed by atoms with E-state index in [1.54, 1.807) is 5.56 Å². The maximum atomic E-state index is 5.96. The minimum Gasteiger partial charge on any atom is -0.399 e. The number of nitrogens with two attached hydrogens (primary N) is 1. The number of rotatable bonds is 12. The zero-order valence-corrected chi connectivity index (χ0v) is 19.3. The molecule has 1 unspecified atom stereocenters. The number of nitrogen functional groups attached to an aromatic ring is 1. The quantitative estimate of drug-likeness (QED) is 0.277. The van der Waals surface area contributed by atoms with Gasteiger partial charge in [-0.05, 0) is 54.0 Å². The van der Waals surface area contributed by atoms with E-state index >= 15 is 0 Å². The zero-order valence-electron chi connectivity index (χ0n) is 19.3.